The summed E-state index contributed by atoms with van der Waals surface area (Å²) >= 11 is 6.17. The van der Waals surface area contributed by atoms with Crippen molar-refractivity contribution in [3.63, 3.8) is 0 Å². The Labute approximate surface area is 114 Å². The van der Waals surface area contributed by atoms with Crippen molar-refractivity contribution in [1.29, 1.82) is 0 Å². The van der Waals surface area contributed by atoms with E-state index in [1.54, 1.807) is 0 Å². The molecule has 2 rings (SSSR count). The molecule has 1 aromatic heterocycles. The molecule has 98 valence electrons. The van der Waals surface area contributed by atoms with Gasteiger partial charge in [-0.3, -0.25) is 0 Å². The van der Waals surface area contributed by atoms with Gasteiger partial charge in [0.05, 0.1) is 0 Å². The molecule has 0 atom stereocenters. The van der Waals surface area contributed by atoms with Crippen molar-refractivity contribution in [3.8, 4) is 0 Å². The van der Waals surface area contributed by atoms with Gasteiger partial charge in [0.15, 0.2) is 0 Å². The highest BCUT2D eigenvalue weighted by molar-refractivity contribution is 6.35. The summed E-state index contributed by atoms with van der Waals surface area (Å²) in [7, 11) is 0. The average molecular weight is 265 g/mol. The van der Waals surface area contributed by atoms with E-state index in [-0.39, 0.29) is 0 Å². The fourth-order valence-electron chi connectivity index (χ4n) is 2.21. The quantitative estimate of drug-likeness (QED) is 0.746. The number of rotatable bonds is 7. The minimum atomic E-state index is 0.843. The van der Waals surface area contributed by atoms with Gasteiger partial charge >= 0.3 is 0 Å². The minimum absolute atomic E-state index is 0.843. The van der Waals surface area contributed by atoms with E-state index in [1.165, 1.54) is 24.8 Å². The molecule has 2 nitrogen and oxygen atoms in total. The summed E-state index contributed by atoms with van der Waals surface area (Å²) < 4.78 is 2.29. The number of benzene rings is 1. The summed E-state index contributed by atoms with van der Waals surface area (Å²) in [5.74, 6) is 0. The number of aromatic nitrogens is 1. The highest BCUT2D eigenvalue weighted by Crippen LogP contribution is 2.24. The maximum Gasteiger partial charge on any atom is 0.0499 e. The van der Waals surface area contributed by atoms with Gasteiger partial charge in [-0.1, -0.05) is 24.6 Å². The summed E-state index contributed by atoms with van der Waals surface area (Å²) in [5.41, 5.74) is 1.24. The Hall–Kier alpha value is -0.990. The van der Waals surface area contributed by atoms with Crippen molar-refractivity contribution >= 4 is 22.5 Å². The summed E-state index contributed by atoms with van der Waals surface area (Å²) in [5, 5.41) is 5.43. The molecular formula is C15H21ClN2. The zero-order chi connectivity index (χ0) is 12.8. The molecule has 0 saturated heterocycles. The number of nitrogens with zero attached hydrogens (tertiary/aromatic N) is 1. The largest absolute Gasteiger partial charge is 0.347 e. The van der Waals surface area contributed by atoms with Gasteiger partial charge in [0, 0.05) is 28.7 Å². The maximum atomic E-state index is 6.17. The fraction of sp³-hybridized carbons (Fsp3) is 0.467. The number of aryl methyl sites for hydroxylation is 1. The van der Waals surface area contributed by atoms with Crippen LogP contribution in [0, 0.1) is 0 Å². The van der Waals surface area contributed by atoms with Crippen LogP contribution in [0.4, 0.5) is 0 Å². The molecule has 0 aliphatic carbocycles. The lowest BCUT2D eigenvalue weighted by Gasteiger charge is -2.06. The van der Waals surface area contributed by atoms with Gasteiger partial charge in [0.25, 0.3) is 0 Å². The predicted octanol–water partition coefficient (Wildman–Crippen LogP) is 4.07. The van der Waals surface area contributed by atoms with E-state index < -0.39 is 0 Å². The molecule has 0 bridgehead atoms. The van der Waals surface area contributed by atoms with E-state index in [0.29, 0.717) is 0 Å². The molecule has 0 aliphatic heterocycles. The Morgan fingerprint density at radius 2 is 2.06 bits per heavy atom. The molecule has 1 N–H and O–H groups in total. The first kappa shape index (κ1) is 13.4. The Morgan fingerprint density at radius 3 is 2.89 bits per heavy atom. The Balaban J connectivity index is 1.86. The standard InChI is InChI=1S/C15H21ClN2/c1-2-9-17-10-3-4-11-18-12-8-13-14(16)6-5-7-15(13)18/h5-8,12,17H,2-4,9-11H2,1H3. The van der Waals surface area contributed by atoms with Crippen LogP contribution in [0.3, 0.4) is 0 Å². The second-order valence-electron chi connectivity index (χ2n) is 4.64. The fourth-order valence-corrected chi connectivity index (χ4v) is 2.45. The number of nitrogens with one attached hydrogen (secondary N) is 1. The molecule has 3 heteroatoms. The Bertz CT molecular complexity index is 490. The van der Waals surface area contributed by atoms with Crippen LogP contribution in [-0.2, 0) is 6.54 Å². The molecule has 0 unspecified atom stereocenters. The van der Waals surface area contributed by atoms with E-state index in [9.17, 15) is 0 Å². The van der Waals surface area contributed by atoms with Crippen molar-refractivity contribution in [2.45, 2.75) is 32.7 Å². The normalized spacial score (nSPS) is 11.2. The van der Waals surface area contributed by atoms with Crippen LogP contribution in [0.2, 0.25) is 5.02 Å². The second-order valence-corrected chi connectivity index (χ2v) is 5.05. The Kier molecular flexibility index (Phi) is 5.09. The third-order valence-electron chi connectivity index (χ3n) is 3.19. The molecule has 1 heterocycles. The lowest BCUT2D eigenvalue weighted by molar-refractivity contribution is 0.575. The van der Waals surface area contributed by atoms with Crippen LogP contribution in [0.5, 0.6) is 0 Å². The number of hydrogen-bond acceptors (Lipinski definition) is 1. The second kappa shape index (κ2) is 6.81. The zero-order valence-electron chi connectivity index (χ0n) is 11.0. The molecule has 0 amide bonds. The van der Waals surface area contributed by atoms with Gasteiger partial charge in [-0.2, -0.15) is 0 Å². The van der Waals surface area contributed by atoms with E-state index in [0.717, 1.165) is 30.0 Å². The SMILES string of the molecule is CCCNCCCCn1ccc2c(Cl)cccc21. The van der Waals surface area contributed by atoms with E-state index in [1.807, 2.05) is 12.1 Å². The van der Waals surface area contributed by atoms with Crippen LogP contribution in [0.15, 0.2) is 30.5 Å². The van der Waals surface area contributed by atoms with Gasteiger partial charge in [-0.25, -0.2) is 0 Å². The van der Waals surface area contributed by atoms with Crippen LogP contribution in [0.1, 0.15) is 26.2 Å². The highest BCUT2D eigenvalue weighted by atomic mass is 35.5. The molecule has 0 radical (unpaired) electrons. The minimum Gasteiger partial charge on any atom is -0.347 e. The zero-order valence-corrected chi connectivity index (χ0v) is 11.7. The highest BCUT2D eigenvalue weighted by Gasteiger charge is 2.03. The topological polar surface area (TPSA) is 17.0 Å². The number of hydrogen-bond donors (Lipinski definition) is 1. The molecule has 0 saturated carbocycles. The smallest absolute Gasteiger partial charge is 0.0499 e. The summed E-state index contributed by atoms with van der Waals surface area (Å²) in [6.45, 7) is 5.51. The molecule has 0 fully saturated rings. The van der Waals surface area contributed by atoms with E-state index in [4.69, 9.17) is 11.6 Å². The van der Waals surface area contributed by atoms with Crippen LogP contribution < -0.4 is 5.32 Å². The number of halogens is 1. The molecule has 0 spiro atoms. The van der Waals surface area contributed by atoms with Crippen molar-refractivity contribution in [3.05, 3.63) is 35.5 Å². The molecule has 1 aromatic carbocycles. The number of unbranched alkanes of at least 4 members (excludes halogenated alkanes) is 1. The molecule has 2 aromatic rings. The van der Waals surface area contributed by atoms with Crippen LogP contribution in [-0.4, -0.2) is 17.7 Å². The molecule has 0 aliphatic rings. The van der Waals surface area contributed by atoms with Gasteiger partial charge in [-0.15, -0.1) is 0 Å². The van der Waals surface area contributed by atoms with E-state index >= 15 is 0 Å². The number of fused-ring (bicyclic) bond motifs is 1. The third kappa shape index (κ3) is 3.27. The summed E-state index contributed by atoms with van der Waals surface area (Å²) in [6, 6.07) is 8.20. The summed E-state index contributed by atoms with van der Waals surface area (Å²) in [6.07, 6.45) is 5.77. The Morgan fingerprint density at radius 1 is 1.17 bits per heavy atom. The first-order valence-corrected chi connectivity index (χ1v) is 7.15. The molecular weight excluding hydrogens is 244 g/mol. The van der Waals surface area contributed by atoms with Crippen molar-refractivity contribution in [2.24, 2.45) is 0 Å². The van der Waals surface area contributed by atoms with Gasteiger partial charge in [-0.05, 0) is 50.6 Å². The third-order valence-corrected chi connectivity index (χ3v) is 3.52. The summed E-state index contributed by atoms with van der Waals surface area (Å²) in [4.78, 5) is 0. The van der Waals surface area contributed by atoms with Crippen LogP contribution in [0.25, 0.3) is 10.9 Å². The first-order chi connectivity index (χ1) is 8.83. The first-order valence-electron chi connectivity index (χ1n) is 6.77. The maximum absolute atomic E-state index is 6.17. The lowest BCUT2D eigenvalue weighted by atomic mass is 10.2. The monoisotopic (exact) mass is 264 g/mol. The predicted molar refractivity (Wildman–Crippen MR) is 79.3 cm³/mol. The van der Waals surface area contributed by atoms with Crippen molar-refractivity contribution < 1.29 is 0 Å². The van der Waals surface area contributed by atoms with Gasteiger partial charge in [0.1, 0.15) is 0 Å². The van der Waals surface area contributed by atoms with Gasteiger partial charge < -0.3 is 9.88 Å². The van der Waals surface area contributed by atoms with Gasteiger partial charge in [0.2, 0.25) is 0 Å². The van der Waals surface area contributed by atoms with E-state index in [2.05, 4.69) is 35.1 Å². The van der Waals surface area contributed by atoms with Crippen LogP contribution >= 0.6 is 11.6 Å². The average Bonchev–Trinajstić information content (AvgIpc) is 2.79. The van der Waals surface area contributed by atoms with Crippen molar-refractivity contribution in [1.82, 2.24) is 9.88 Å². The lowest BCUT2D eigenvalue weighted by Crippen LogP contribution is -2.16. The molecule has 18 heavy (non-hydrogen) atoms. The van der Waals surface area contributed by atoms with Crippen molar-refractivity contribution in [2.75, 3.05) is 13.1 Å².